The fourth-order valence-corrected chi connectivity index (χ4v) is 3.89. The molecule has 2 fully saturated rings. The zero-order valence-corrected chi connectivity index (χ0v) is 16.7. The maximum Gasteiger partial charge on any atom is 0.416 e. The first-order valence-electron chi connectivity index (χ1n) is 9.80. The number of quaternary nitrogens is 1. The lowest BCUT2D eigenvalue weighted by molar-refractivity contribution is -0.908. The van der Waals surface area contributed by atoms with E-state index in [0.29, 0.717) is 31.9 Å². The van der Waals surface area contributed by atoms with Crippen molar-refractivity contribution in [3.8, 4) is 0 Å². The highest BCUT2D eigenvalue weighted by Gasteiger charge is 2.31. The van der Waals surface area contributed by atoms with E-state index in [9.17, 15) is 13.2 Å². The summed E-state index contributed by atoms with van der Waals surface area (Å²) >= 11 is 5.49. The molecule has 1 aromatic carbocycles. The average molecular weight is 418 g/mol. The van der Waals surface area contributed by atoms with Crippen LogP contribution in [0.15, 0.2) is 24.3 Å². The van der Waals surface area contributed by atoms with Crippen molar-refractivity contribution in [1.29, 1.82) is 0 Å². The summed E-state index contributed by atoms with van der Waals surface area (Å²) in [6.07, 6.45) is -3.26. The van der Waals surface area contributed by atoms with E-state index in [4.69, 9.17) is 17.0 Å². The highest BCUT2D eigenvalue weighted by Crippen LogP contribution is 2.31. The van der Waals surface area contributed by atoms with Gasteiger partial charge in [0.15, 0.2) is 5.11 Å². The minimum atomic E-state index is -4.31. The molecule has 0 aliphatic carbocycles. The molecule has 0 radical (unpaired) electrons. The van der Waals surface area contributed by atoms with Crippen molar-refractivity contribution in [3.05, 3.63) is 29.8 Å². The fraction of sp³-hybridized carbons (Fsp3) is 0.632. The molecule has 2 saturated heterocycles. The van der Waals surface area contributed by atoms with E-state index in [2.05, 4.69) is 10.2 Å². The third-order valence-corrected chi connectivity index (χ3v) is 5.69. The number of alkyl halides is 3. The Bertz CT molecular complexity index is 644. The third kappa shape index (κ3) is 5.96. The number of anilines is 1. The molecule has 5 nitrogen and oxygen atoms in total. The molecule has 0 unspecified atom stereocenters. The quantitative estimate of drug-likeness (QED) is 0.552. The molecule has 2 heterocycles. The van der Waals surface area contributed by atoms with Gasteiger partial charge in [-0.15, -0.1) is 0 Å². The Kier molecular flexibility index (Phi) is 7.36. The van der Waals surface area contributed by atoms with Gasteiger partial charge in [-0.2, -0.15) is 13.2 Å². The molecule has 0 amide bonds. The van der Waals surface area contributed by atoms with Crippen molar-refractivity contribution in [2.45, 2.75) is 12.6 Å². The van der Waals surface area contributed by atoms with Gasteiger partial charge in [0, 0.05) is 44.8 Å². The third-order valence-electron chi connectivity index (χ3n) is 5.29. The molecule has 0 bridgehead atoms. The Labute approximate surface area is 169 Å². The number of thiocarbonyl (C=S) groups is 1. The van der Waals surface area contributed by atoms with E-state index in [-0.39, 0.29) is 0 Å². The van der Waals surface area contributed by atoms with Gasteiger partial charge < -0.3 is 24.8 Å². The van der Waals surface area contributed by atoms with Crippen LogP contribution < -0.4 is 15.1 Å². The SMILES string of the molecule is FC(F)(F)c1cccc(N2CCN(C(=S)NCCC[NH+]3CCOCC3)CC2)c1. The van der Waals surface area contributed by atoms with Crippen molar-refractivity contribution >= 4 is 23.0 Å². The number of benzene rings is 1. The van der Waals surface area contributed by atoms with Crippen LogP contribution in [-0.4, -0.2) is 75.6 Å². The van der Waals surface area contributed by atoms with Crippen LogP contribution in [0.3, 0.4) is 0 Å². The van der Waals surface area contributed by atoms with Gasteiger partial charge in [0.25, 0.3) is 0 Å². The molecule has 0 aromatic heterocycles. The molecular formula is C19H28F3N4OS+. The first-order chi connectivity index (χ1) is 13.4. The number of nitrogens with one attached hydrogen (secondary N) is 2. The zero-order chi connectivity index (χ0) is 20.0. The summed E-state index contributed by atoms with van der Waals surface area (Å²) in [5.74, 6) is 0. The Hall–Kier alpha value is -1.58. The molecule has 156 valence electrons. The van der Waals surface area contributed by atoms with Gasteiger partial charge >= 0.3 is 6.18 Å². The van der Waals surface area contributed by atoms with Crippen LogP contribution in [0.25, 0.3) is 0 Å². The number of piperazine rings is 1. The molecule has 0 saturated carbocycles. The second kappa shape index (κ2) is 9.76. The lowest BCUT2D eigenvalue weighted by Gasteiger charge is -2.37. The average Bonchev–Trinajstić information content (AvgIpc) is 2.71. The predicted octanol–water partition coefficient (Wildman–Crippen LogP) is 1.01. The minimum absolute atomic E-state index is 0.605. The first-order valence-corrected chi connectivity index (χ1v) is 10.2. The van der Waals surface area contributed by atoms with Crippen molar-refractivity contribution < 1.29 is 22.8 Å². The summed E-state index contributed by atoms with van der Waals surface area (Å²) in [4.78, 5) is 5.66. The smallest absolute Gasteiger partial charge is 0.370 e. The summed E-state index contributed by atoms with van der Waals surface area (Å²) in [5.41, 5.74) is 0.00820. The first kappa shape index (κ1) is 21.1. The summed E-state index contributed by atoms with van der Waals surface area (Å²) < 4.78 is 44.1. The Morgan fingerprint density at radius 2 is 1.86 bits per heavy atom. The number of nitrogens with zero attached hydrogens (tertiary/aromatic N) is 2. The van der Waals surface area contributed by atoms with Crippen LogP contribution in [0.2, 0.25) is 0 Å². The van der Waals surface area contributed by atoms with Gasteiger partial charge in [-0.05, 0) is 30.4 Å². The normalized spacial score (nSPS) is 19.0. The summed E-state index contributed by atoms with van der Waals surface area (Å²) in [5, 5.41) is 4.06. The second-order valence-corrected chi connectivity index (χ2v) is 7.61. The van der Waals surface area contributed by atoms with Crippen LogP contribution in [-0.2, 0) is 10.9 Å². The van der Waals surface area contributed by atoms with Crippen LogP contribution in [0.1, 0.15) is 12.0 Å². The Balaban J connectivity index is 1.39. The van der Waals surface area contributed by atoms with Crippen molar-refractivity contribution in [2.75, 3.05) is 70.5 Å². The van der Waals surface area contributed by atoms with Gasteiger partial charge in [0.1, 0.15) is 13.1 Å². The molecule has 3 rings (SSSR count). The van der Waals surface area contributed by atoms with Gasteiger partial charge in [-0.25, -0.2) is 0 Å². The lowest BCUT2D eigenvalue weighted by Crippen LogP contribution is -3.14. The molecule has 1 aromatic rings. The van der Waals surface area contributed by atoms with E-state index >= 15 is 0 Å². The van der Waals surface area contributed by atoms with Crippen LogP contribution in [0, 0.1) is 0 Å². The number of hydrogen-bond donors (Lipinski definition) is 2. The predicted molar refractivity (Wildman–Crippen MR) is 107 cm³/mol. The molecule has 2 aliphatic rings. The van der Waals surface area contributed by atoms with E-state index in [0.717, 1.165) is 57.0 Å². The molecule has 28 heavy (non-hydrogen) atoms. The maximum atomic E-state index is 12.9. The second-order valence-electron chi connectivity index (χ2n) is 7.22. The number of morpholine rings is 1. The number of rotatable bonds is 5. The topological polar surface area (TPSA) is 32.2 Å². The van der Waals surface area contributed by atoms with Crippen LogP contribution in [0.4, 0.5) is 18.9 Å². The van der Waals surface area contributed by atoms with Crippen molar-refractivity contribution in [1.82, 2.24) is 10.2 Å². The molecule has 0 atom stereocenters. The lowest BCUT2D eigenvalue weighted by atomic mass is 10.1. The Morgan fingerprint density at radius 3 is 2.54 bits per heavy atom. The summed E-state index contributed by atoms with van der Waals surface area (Å²) in [6, 6.07) is 5.53. The highest BCUT2D eigenvalue weighted by molar-refractivity contribution is 7.80. The van der Waals surface area contributed by atoms with Gasteiger partial charge in [0.2, 0.25) is 0 Å². The number of hydrogen-bond acceptors (Lipinski definition) is 3. The standard InChI is InChI=1S/C19H27F3N4OS/c20-19(21,22)16-3-1-4-17(15-16)25-7-9-26(10-8-25)18(28)23-5-2-6-24-11-13-27-14-12-24/h1,3-4,15H,2,5-14H2,(H,23,28)/p+1. The molecule has 0 spiro atoms. The molecule has 2 N–H and O–H groups in total. The molecule has 9 heteroatoms. The van der Waals surface area contributed by atoms with Gasteiger partial charge in [-0.1, -0.05) is 6.07 Å². The Morgan fingerprint density at radius 1 is 1.14 bits per heavy atom. The number of ether oxygens (including phenoxy) is 1. The largest absolute Gasteiger partial charge is 0.416 e. The molecule has 2 aliphatic heterocycles. The van der Waals surface area contributed by atoms with Crippen LogP contribution in [0.5, 0.6) is 0 Å². The number of halogens is 3. The van der Waals surface area contributed by atoms with Crippen LogP contribution >= 0.6 is 12.2 Å². The maximum absolute atomic E-state index is 12.9. The summed E-state index contributed by atoms with van der Waals surface area (Å²) in [6.45, 7) is 8.51. The van der Waals surface area contributed by atoms with Crippen molar-refractivity contribution in [3.63, 3.8) is 0 Å². The van der Waals surface area contributed by atoms with E-state index < -0.39 is 11.7 Å². The van der Waals surface area contributed by atoms with Gasteiger partial charge in [0.05, 0.1) is 25.3 Å². The van der Waals surface area contributed by atoms with E-state index in [1.165, 1.54) is 12.1 Å². The van der Waals surface area contributed by atoms with E-state index in [1.807, 2.05) is 4.90 Å². The van der Waals surface area contributed by atoms with Gasteiger partial charge in [-0.3, -0.25) is 0 Å². The fourth-order valence-electron chi connectivity index (χ4n) is 3.60. The van der Waals surface area contributed by atoms with Crippen molar-refractivity contribution in [2.24, 2.45) is 0 Å². The highest BCUT2D eigenvalue weighted by atomic mass is 32.1. The van der Waals surface area contributed by atoms with E-state index in [1.54, 1.807) is 11.0 Å². The summed E-state index contributed by atoms with van der Waals surface area (Å²) in [7, 11) is 0. The minimum Gasteiger partial charge on any atom is -0.370 e. The zero-order valence-electron chi connectivity index (χ0n) is 15.9. The monoisotopic (exact) mass is 417 g/mol. The molecular weight excluding hydrogens is 389 g/mol.